The number of rotatable bonds is 4. The number of ether oxygens (including phenoxy) is 2. The SMILES string of the molecule is COCCOC=CO. The topological polar surface area (TPSA) is 38.7 Å². The fourth-order valence-corrected chi connectivity index (χ4v) is 0.243. The van der Waals surface area contributed by atoms with Crippen molar-refractivity contribution in [2.75, 3.05) is 20.3 Å². The Kier molecular flexibility index (Phi) is 5.75. The molecule has 0 saturated heterocycles. The monoisotopic (exact) mass is 118 g/mol. The summed E-state index contributed by atoms with van der Waals surface area (Å²) in [6.45, 7) is 1.03. The van der Waals surface area contributed by atoms with E-state index < -0.39 is 0 Å². The molecule has 0 aromatic heterocycles. The minimum atomic E-state index is 0.480. The second-order valence-electron chi connectivity index (χ2n) is 1.15. The van der Waals surface area contributed by atoms with E-state index >= 15 is 0 Å². The van der Waals surface area contributed by atoms with E-state index in [1.165, 1.54) is 6.26 Å². The predicted octanol–water partition coefficient (Wildman–Crippen LogP) is 0.679. The second kappa shape index (κ2) is 6.30. The number of aliphatic hydroxyl groups is 1. The molecule has 0 aliphatic carbocycles. The maximum atomic E-state index is 8.02. The molecule has 0 fully saturated rings. The minimum absolute atomic E-state index is 0.480. The van der Waals surface area contributed by atoms with Crippen LogP contribution >= 0.6 is 0 Å². The van der Waals surface area contributed by atoms with Crippen LogP contribution in [-0.4, -0.2) is 25.4 Å². The fraction of sp³-hybridized carbons (Fsp3) is 0.600. The van der Waals surface area contributed by atoms with Crippen LogP contribution in [0.4, 0.5) is 0 Å². The van der Waals surface area contributed by atoms with Gasteiger partial charge in [-0.15, -0.1) is 0 Å². The van der Waals surface area contributed by atoms with Crippen molar-refractivity contribution >= 4 is 0 Å². The van der Waals surface area contributed by atoms with E-state index in [0.29, 0.717) is 13.2 Å². The molecule has 48 valence electrons. The summed E-state index contributed by atoms with van der Waals surface area (Å²) in [6.07, 6.45) is 2.05. The van der Waals surface area contributed by atoms with Crippen LogP contribution < -0.4 is 0 Å². The number of methoxy groups -OCH3 is 1. The molecular formula is C5H10O3. The molecule has 0 saturated carbocycles. The van der Waals surface area contributed by atoms with Crippen molar-refractivity contribution in [2.45, 2.75) is 0 Å². The highest BCUT2D eigenvalue weighted by atomic mass is 16.5. The summed E-state index contributed by atoms with van der Waals surface area (Å²) < 4.78 is 9.32. The van der Waals surface area contributed by atoms with Crippen molar-refractivity contribution in [3.8, 4) is 0 Å². The van der Waals surface area contributed by atoms with Gasteiger partial charge < -0.3 is 14.6 Å². The van der Waals surface area contributed by atoms with Gasteiger partial charge in [-0.2, -0.15) is 0 Å². The predicted molar refractivity (Wildman–Crippen MR) is 29.6 cm³/mol. The summed E-state index contributed by atoms with van der Waals surface area (Å²) in [4.78, 5) is 0. The molecular weight excluding hydrogens is 108 g/mol. The standard InChI is InChI=1S/C5H10O3/c1-7-4-5-8-3-2-6/h2-3,6H,4-5H2,1H3. The zero-order valence-electron chi connectivity index (χ0n) is 4.83. The van der Waals surface area contributed by atoms with Gasteiger partial charge in [-0.25, -0.2) is 0 Å². The summed E-state index contributed by atoms with van der Waals surface area (Å²) >= 11 is 0. The van der Waals surface area contributed by atoms with Crippen molar-refractivity contribution in [3.63, 3.8) is 0 Å². The Morgan fingerprint density at radius 2 is 2.25 bits per heavy atom. The lowest BCUT2D eigenvalue weighted by Gasteiger charge is -1.95. The molecule has 0 bridgehead atoms. The molecule has 0 aliphatic heterocycles. The van der Waals surface area contributed by atoms with E-state index in [-0.39, 0.29) is 0 Å². The average Bonchev–Trinajstić information content (AvgIpc) is 1.81. The Morgan fingerprint density at radius 3 is 2.75 bits per heavy atom. The first-order chi connectivity index (χ1) is 3.91. The highest BCUT2D eigenvalue weighted by molar-refractivity contribution is 4.55. The van der Waals surface area contributed by atoms with Gasteiger partial charge >= 0.3 is 0 Å². The van der Waals surface area contributed by atoms with Crippen LogP contribution in [0, 0.1) is 0 Å². The van der Waals surface area contributed by atoms with Gasteiger partial charge in [0.15, 0.2) is 0 Å². The Balaban J connectivity index is 2.72. The molecule has 0 aromatic carbocycles. The first-order valence-electron chi connectivity index (χ1n) is 2.31. The lowest BCUT2D eigenvalue weighted by atomic mass is 10.8. The van der Waals surface area contributed by atoms with Gasteiger partial charge in [0.1, 0.15) is 19.1 Å². The van der Waals surface area contributed by atoms with Gasteiger partial charge in [-0.05, 0) is 0 Å². The minimum Gasteiger partial charge on any atom is -0.512 e. The molecule has 0 aliphatic rings. The molecule has 8 heavy (non-hydrogen) atoms. The van der Waals surface area contributed by atoms with Crippen molar-refractivity contribution < 1.29 is 14.6 Å². The van der Waals surface area contributed by atoms with Crippen LogP contribution in [-0.2, 0) is 9.47 Å². The van der Waals surface area contributed by atoms with Gasteiger partial charge in [-0.1, -0.05) is 0 Å². The normalized spacial score (nSPS) is 10.1. The first kappa shape index (κ1) is 7.30. The lowest BCUT2D eigenvalue weighted by molar-refractivity contribution is 0.121. The molecule has 0 rings (SSSR count). The van der Waals surface area contributed by atoms with Crippen LogP contribution in [0.2, 0.25) is 0 Å². The molecule has 0 aromatic rings. The molecule has 3 heteroatoms. The van der Waals surface area contributed by atoms with Crippen molar-refractivity contribution in [1.82, 2.24) is 0 Å². The smallest absolute Gasteiger partial charge is 0.117 e. The van der Waals surface area contributed by atoms with Crippen molar-refractivity contribution in [1.29, 1.82) is 0 Å². The molecule has 0 spiro atoms. The second-order valence-corrected chi connectivity index (χ2v) is 1.15. The summed E-state index contributed by atoms with van der Waals surface area (Å²) in [5.41, 5.74) is 0. The van der Waals surface area contributed by atoms with E-state index in [1.54, 1.807) is 7.11 Å². The third kappa shape index (κ3) is 5.30. The largest absolute Gasteiger partial charge is 0.512 e. The molecule has 0 unspecified atom stereocenters. The number of aliphatic hydroxyl groups excluding tert-OH is 1. The van der Waals surface area contributed by atoms with Crippen LogP contribution in [0.5, 0.6) is 0 Å². The molecule has 0 radical (unpaired) electrons. The van der Waals surface area contributed by atoms with Crippen LogP contribution in [0.25, 0.3) is 0 Å². The highest BCUT2D eigenvalue weighted by Crippen LogP contribution is 1.74. The zero-order chi connectivity index (χ0) is 6.24. The molecule has 0 atom stereocenters. The Bertz CT molecular complexity index is 60.7. The summed E-state index contributed by atoms with van der Waals surface area (Å²) in [7, 11) is 1.59. The first-order valence-corrected chi connectivity index (χ1v) is 2.31. The summed E-state index contributed by atoms with van der Waals surface area (Å²) in [6, 6.07) is 0. The van der Waals surface area contributed by atoms with Gasteiger partial charge in [0, 0.05) is 7.11 Å². The quantitative estimate of drug-likeness (QED) is 0.435. The van der Waals surface area contributed by atoms with Crippen LogP contribution in [0.1, 0.15) is 0 Å². The zero-order valence-corrected chi connectivity index (χ0v) is 4.83. The van der Waals surface area contributed by atoms with Gasteiger partial charge in [-0.3, -0.25) is 0 Å². The Morgan fingerprint density at radius 1 is 1.50 bits per heavy atom. The molecule has 1 N–H and O–H groups in total. The van der Waals surface area contributed by atoms with Gasteiger partial charge in [0.2, 0.25) is 0 Å². The van der Waals surface area contributed by atoms with Gasteiger partial charge in [0.05, 0.1) is 6.61 Å². The van der Waals surface area contributed by atoms with Gasteiger partial charge in [0.25, 0.3) is 0 Å². The highest BCUT2D eigenvalue weighted by Gasteiger charge is 1.77. The van der Waals surface area contributed by atoms with Crippen LogP contribution in [0.15, 0.2) is 12.5 Å². The summed E-state index contributed by atoms with van der Waals surface area (Å²) in [5, 5.41) is 8.02. The van der Waals surface area contributed by atoms with E-state index in [4.69, 9.17) is 5.11 Å². The molecule has 0 amide bonds. The van der Waals surface area contributed by atoms with E-state index in [0.717, 1.165) is 6.26 Å². The third-order valence-corrected chi connectivity index (χ3v) is 0.562. The van der Waals surface area contributed by atoms with Crippen molar-refractivity contribution in [3.05, 3.63) is 12.5 Å². The number of hydrogen-bond donors (Lipinski definition) is 1. The fourth-order valence-electron chi connectivity index (χ4n) is 0.243. The maximum absolute atomic E-state index is 8.02. The molecule has 0 heterocycles. The van der Waals surface area contributed by atoms with Crippen molar-refractivity contribution in [2.24, 2.45) is 0 Å². The Labute approximate surface area is 48.5 Å². The Hall–Kier alpha value is -0.700. The molecule has 3 nitrogen and oxygen atoms in total. The lowest BCUT2D eigenvalue weighted by Crippen LogP contribution is -1.96. The van der Waals surface area contributed by atoms with E-state index in [9.17, 15) is 0 Å². The number of hydrogen-bond acceptors (Lipinski definition) is 3. The third-order valence-electron chi connectivity index (χ3n) is 0.562. The van der Waals surface area contributed by atoms with E-state index in [1.807, 2.05) is 0 Å². The van der Waals surface area contributed by atoms with Crippen LogP contribution in [0.3, 0.4) is 0 Å². The van der Waals surface area contributed by atoms with E-state index in [2.05, 4.69) is 9.47 Å². The average molecular weight is 118 g/mol. The summed E-state index contributed by atoms with van der Waals surface area (Å²) in [5.74, 6) is 0. The maximum Gasteiger partial charge on any atom is 0.117 e.